The third-order valence-corrected chi connectivity index (χ3v) is 4.10. The lowest BCUT2D eigenvalue weighted by Gasteiger charge is -1.92. The van der Waals surface area contributed by atoms with Crippen LogP contribution in [0.4, 0.5) is 0 Å². The molecule has 0 amide bonds. The Labute approximate surface area is 158 Å². The van der Waals surface area contributed by atoms with Crippen LogP contribution in [0.3, 0.4) is 0 Å². The molecule has 4 rings (SSSR count). The number of aryl methyl sites for hydroxylation is 4. The van der Waals surface area contributed by atoms with Gasteiger partial charge in [-0.05, 0) is 38.5 Å². The largest absolute Gasteiger partial charge is 0.0616 e. The summed E-state index contributed by atoms with van der Waals surface area (Å²) in [4.78, 5) is 0. The molecule has 0 aromatic heterocycles. The summed E-state index contributed by atoms with van der Waals surface area (Å²) in [6.45, 7) is 8.39. The van der Waals surface area contributed by atoms with Crippen LogP contribution in [0, 0.1) is 27.7 Å². The molecule has 0 spiro atoms. The number of fused-ring (bicyclic) bond motifs is 1. The lowest BCUT2D eigenvalue weighted by atomic mass is 10.1. The van der Waals surface area contributed by atoms with Gasteiger partial charge in [0.1, 0.15) is 0 Å². The quantitative estimate of drug-likeness (QED) is 0.312. The average Bonchev–Trinajstić information content (AvgIpc) is 2.68. The third-order valence-electron chi connectivity index (χ3n) is 4.10. The fourth-order valence-electron chi connectivity index (χ4n) is 2.41. The van der Waals surface area contributed by atoms with Crippen molar-refractivity contribution < 1.29 is 0 Å². The summed E-state index contributed by atoms with van der Waals surface area (Å²) in [7, 11) is 0. The van der Waals surface area contributed by atoms with E-state index in [1.807, 2.05) is 0 Å². The van der Waals surface area contributed by atoms with Gasteiger partial charge < -0.3 is 0 Å². The molecular weight excluding hydrogens is 312 g/mol. The maximum absolute atomic E-state index is 2.12. The van der Waals surface area contributed by atoms with Gasteiger partial charge in [-0.1, -0.05) is 119 Å². The third kappa shape index (κ3) is 6.94. The molecule has 0 atom stereocenters. The average molecular weight is 341 g/mol. The lowest BCUT2D eigenvalue weighted by molar-refractivity contribution is 1.40. The molecule has 26 heavy (non-hydrogen) atoms. The molecular formula is C26H28. The Morgan fingerprint density at radius 1 is 0.308 bits per heavy atom. The number of rotatable bonds is 0. The zero-order valence-electron chi connectivity index (χ0n) is 16.2. The Morgan fingerprint density at radius 2 is 0.500 bits per heavy atom. The molecule has 0 saturated carbocycles. The first-order valence-electron chi connectivity index (χ1n) is 9.05. The van der Waals surface area contributed by atoms with Crippen LogP contribution in [0.5, 0.6) is 0 Å². The summed E-state index contributed by atoms with van der Waals surface area (Å²) in [5.41, 5.74) is 5.32. The van der Waals surface area contributed by atoms with Crippen molar-refractivity contribution in [3.8, 4) is 0 Å². The maximum atomic E-state index is 2.12. The Hall–Kier alpha value is -2.86. The SMILES string of the molecule is Cc1ccc(C)cc1.Cc1ccc(C)cc1.c1ccc2ccccc2c1. The topological polar surface area (TPSA) is 0 Å². The normalized spacial score (nSPS) is 9.54. The summed E-state index contributed by atoms with van der Waals surface area (Å²) in [6, 6.07) is 33.7. The molecule has 0 aliphatic heterocycles. The monoisotopic (exact) mass is 340 g/mol. The molecule has 132 valence electrons. The molecule has 0 aliphatic carbocycles. The van der Waals surface area contributed by atoms with Gasteiger partial charge in [0, 0.05) is 0 Å². The Balaban J connectivity index is 0.000000142. The summed E-state index contributed by atoms with van der Waals surface area (Å²) in [5, 5.41) is 2.62. The van der Waals surface area contributed by atoms with Crippen molar-refractivity contribution >= 4 is 10.8 Å². The van der Waals surface area contributed by atoms with Gasteiger partial charge in [0.05, 0.1) is 0 Å². The molecule has 4 aromatic carbocycles. The Morgan fingerprint density at radius 3 is 0.692 bits per heavy atom. The van der Waals surface area contributed by atoms with E-state index in [4.69, 9.17) is 0 Å². The van der Waals surface area contributed by atoms with Crippen LogP contribution >= 0.6 is 0 Å². The van der Waals surface area contributed by atoms with Crippen LogP contribution in [-0.2, 0) is 0 Å². The number of hydrogen-bond acceptors (Lipinski definition) is 0. The second kappa shape index (κ2) is 10.2. The van der Waals surface area contributed by atoms with Crippen LogP contribution < -0.4 is 0 Å². The van der Waals surface area contributed by atoms with Crippen LogP contribution in [-0.4, -0.2) is 0 Å². The van der Waals surface area contributed by atoms with Crippen LogP contribution in [0.1, 0.15) is 22.3 Å². The van der Waals surface area contributed by atoms with Crippen molar-refractivity contribution in [1.29, 1.82) is 0 Å². The highest BCUT2D eigenvalue weighted by Crippen LogP contribution is 2.11. The Bertz CT molecular complexity index is 749. The van der Waals surface area contributed by atoms with Crippen molar-refractivity contribution in [2.75, 3.05) is 0 Å². The minimum Gasteiger partial charge on any atom is -0.0616 e. The van der Waals surface area contributed by atoms with Gasteiger partial charge in [0.15, 0.2) is 0 Å². The fourth-order valence-corrected chi connectivity index (χ4v) is 2.41. The Kier molecular flexibility index (Phi) is 7.64. The highest BCUT2D eigenvalue weighted by Gasteiger charge is 1.85. The van der Waals surface area contributed by atoms with Crippen molar-refractivity contribution in [2.24, 2.45) is 0 Å². The van der Waals surface area contributed by atoms with Crippen LogP contribution in [0.25, 0.3) is 10.8 Å². The first-order chi connectivity index (χ1) is 12.5. The summed E-state index contributed by atoms with van der Waals surface area (Å²) >= 11 is 0. The molecule has 0 aliphatic rings. The predicted molar refractivity (Wildman–Crippen MR) is 116 cm³/mol. The molecule has 0 unspecified atom stereocenters. The van der Waals surface area contributed by atoms with Crippen molar-refractivity contribution in [3.05, 3.63) is 119 Å². The molecule has 0 nitrogen and oxygen atoms in total. The smallest absolute Gasteiger partial charge is 0.0184 e. The minimum absolute atomic E-state index is 1.31. The first kappa shape index (κ1) is 19.5. The van der Waals surface area contributed by atoms with E-state index >= 15 is 0 Å². The van der Waals surface area contributed by atoms with E-state index < -0.39 is 0 Å². The second-order valence-electron chi connectivity index (χ2n) is 6.66. The van der Waals surface area contributed by atoms with E-state index in [2.05, 4.69) is 125 Å². The number of hydrogen-bond donors (Lipinski definition) is 0. The highest BCUT2D eigenvalue weighted by molar-refractivity contribution is 5.82. The van der Waals surface area contributed by atoms with Gasteiger partial charge in [-0.3, -0.25) is 0 Å². The molecule has 0 N–H and O–H groups in total. The van der Waals surface area contributed by atoms with Gasteiger partial charge in [-0.25, -0.2) is 0 Å². The van der Waals surface area contributed by atoms with Crippen molar-refractivity contribution in [3.63, 3.8) is 0 Å². The molecule has 4 aromatic rings. The lowest BCUT2D eigenvalue weighted by Crippen LogP contribution is -1.70. The van der Waals surface area contributed by atoms with Crippen molar-refractivity contribution in [1.82, 2.24) is 0 Å². The first-order valence-corrected chi connectivity index (χ1v) is 9.05. The molecule has 0 heteroatoms. The maximum Gasteiger partial charge on any atom is -0.0184 e. The zero-order chi connectivity index (χ0) is 18.8. The van der Waals surface area contributed by atoms with Crippen LogP contribution in [0.15, 0.2) is 97.1 Å². The highest BCUT2D eigenvalue weighted by atomic mass is 13.9. The van der Waals surface area contributed by atoms with Gasteiger partial charge in [0.25, 0.3) is 0 Å². The van der Waals surface area contributed by atoms with E-state index in [1.54, 1.807) is 0 Å². The summed E-state index contributed by atoms with van der Waals surface area (Å²) in [5.74, 6) is 0. The summed E-state index contributed by atoms with van der Waals surface area (Å²) in [6.07, 6.45) is 0. The van der Waals surface area contributed by atoms with Crippen molar-refractivity contribution in [2.45, 2.75) is 27.7 Å². The molecule has 0 fully saturated rings. The van der Waals surface area contributed by atoms with Gasteiger partial charge in [0.2, 0.25) is 0 Å². The van der Waals surface area contributed by atoms with Crippen LogP contribution in [0.2, 0.25) is 0 Å². The van der Waals surface area contributed by atoms with E-state index in [0.29, 0.717) is 0 Å². The second-order valence-corrected chi connectivity index (χ2v) is 6.66. The number of benzene rings is 4. The van der Waals surface area contributed by atoms with E-state index in [0.717, 1.165) is 0 Å². The van der Waals surface area contributed by atoms with E-state index in [-0.39, 0.29) is 0 Å². The van der Waals surface area contributed by atoms with E-state index in [1.165, 1.54) is 33.0 Å². The van der Waals surface area contributed by atoms with Gasteiger partial charge in [-0.2, -0.15) is 0 Å². The zero-order valence-corrected chi connectivity index (χ0v) is 16.2. The standard InChI is InChI=1S/C10H8.2C8H10/c1-2-6-10-8-4-3-7-9(10)5-1;2*1-7-3-5-8(2)6-4-7/h1-8H;2*3-6H,1-2H3. The molecule has 0 heterocycles. The molecule has 0 radical (unpaired) electrons. The summed E-state index contributed by atoms with van der Waals surface area (Å²) < 4.78 is 0. The fraction of sp³-hybridized carbons (Fsp3) is 0.154. The predicted octanol–water partition coefficient (Wildman–Crippen LogP) is 7.45. The molecule has 0 saturated heterocycles. The van der Waals surface area contributed by atoms with Gasteiger partial charge >= 0.3 is 0 Å². The minimum atomic E-state index is 1.31. The van der Waals surface area contributed by atoms with E-state index in [9.17, 15) is 0 Å². The van der Waals surface area contributed by atoms with Gasteiger partial charge in [-0.15, -0.1) is 0 Å². The molecule has 0 bridgehead atoms.